The predicted octanol–water partition coefficient (Wildman–Crippen LogP) is 2.96. The van der Waals surface area contributed by atoms with Crippen LogP contribution in [0, 0.1) is 6.92 Å². The lowest BCUT2D eigenvalue weighted by Crippen LogP contribution is -2.07. The highest BCUT2D eigenvalue weighted by atomic mass is 32.2. The van der Waals surface area contributed by atoms with Gasteiger partial charge in [0, 0.05) is 16.5 Å². The van der Waals surface area contributed by atoms with Gasteiger partial charge in [-0.2, -0.15) is 11.8 Å². The van der Waals surface area contributed by atoms with Gasteiger partial charge in [-0.15, -0.1) is 0 Å². The molecule has 1 aromatic rings. The van der Waals surface area contributed by atoms with Gasteiger partial charge in [-0.3, -0.25) is 0 Å². The third kappa shape index (κ3) is 3.37. The van der Waals surface area contributed by atoms with Gasteiger partial charge >= 0.3 is 0 Å². The number of thioether (sulfide) groups is 1. The predicted molar refractivity (Wildman–Crippen MR) is 71.6 cm³/mol. The molecular formula is C12H21N3S. The van der Waals surface area contributed by atoms with Crippen molar-refractivity contribution in [3.63, 3.8) is 0 Å². The number of hydrogen-bond acceptors (Lipinski definition) is 4. The summed E-state index contributed by atoms with van der Waals surface area (Å²) in [6.07, 6.45) is 2.07. The number of nitrogens with zero attached hydrogens (tertiary/aromatic N) is 2. The van der Waals surface area contributed by atoms with Crippen LogP contribution in [0.25, 0.3) is 0 Å². The summed E-state index contributed by atoms with van der Waals surface area (Å²) in [7, 11) is 0. The lowest BCUT2D eigenvalue weighted by Gasteiger charge is -2.10. The highest BCUT2D eigenvalue weighted by Gasteiger charge is 2.08. The van der Waals surface area contributed by atoms with Crippen molar-refractivity contribution in [1.29, 1.82) is 0 Å². The highest BCUT2D eigenvalue weighted by molar-refractivity contribution is 7.99. The lowest BCUT2D eigenvalue weighted by molar-refractivity contribution is 0.896. The van der Waals surface area contributed by atoms with E-state index >= 15 is 0 Å². The van der Waals surface area contributed by atoms with E-state index in [-0.39, 0.29) is 0 Å². The maximum atomic E-state index is 5.91. The zero-order valence-corrected chi connectivity index (χ0v) is 11.4. The van der Waals surface area contributed by atoms with E-state index in [1.807, 2.05) is 18.7 Å². The molecule has 1 heterocycles. The van der Waals surface area contributed by atoms with Gasteiger partial charge in [0.1, 0.15) is 11.6 Å². The van der Waals surface area contributed by atoms with Crippen LogP contribution in [0.4, 0.5) is 5.82 Å². The largest absolute Gasteiger partial charge is 0.383 e. The van der Waals surface area contributed by atoms with Crippen molar-refractivity contribution in [1.82, 2.24) is 9.97 Å². The smallest absolute Gasteiger partial charge is 0.140 e. The average molecular weight is 239 g/mol. The van der Waals surface area contributed by atoms with Gasteiger partial charge in [-0.05, 0) is 19.8 Å². The van der Waals surface area contributed by atoms with E-state index in [1.165, 1.54) is 6.42 Å². The first-order valence-corrected chi connectivity index (χ1v) is 6.86. The Morgan fingerprint density at radius 2 is 2.00 bits per heavy atom. The molecule has 0 saturated carbocycles. The third-order valence-electron chi connectivity index (χ3n) is 2.72. The van der Waals surface area contributed by atoms with Crippen LogP contribution < -0.4 is 5.73 Å². The molecule has 0 radical (unpaired) electrons. The van der Waals surface area contributed by atoms with Crippen LogP contribution in [0.1, 0.15) is 44.3 Å². The third-order valence-corrected chi connectivity index (χ3v) is 4.04. The molecule has 0 aliphatic carbocycles. The van der Waals surface area contributed by atoms with Gasteiger partial charge in [0.15, 0.2) is 0 Å². The number of aryl methyl sites for hydroxylation is 1. The number of rotatable bonds is 5. The lowest BCUT2D eigenvalue weighted by atomic mass is 10.2. The normalized spacial score (nSPS) is 12.8. The van der Waals surface area contributed by atoms with Gasteiger partial charge < -0.3 is 5.73 Å². The first-order chi connectivity index (χ1) is 7.58. The zero-order valence-electron chi connectivity index (χ0n) is 10.6. The molecule has 0 saturated heterocycles. The van der Waals surface area contributed by atoms with Crippen LogP contribution in [0.15, 0.2) is 0 Å². The molecule has 0 spiro atoms. The SMILES string of the molecule is CCc1c(C)nc(CSC(C)CC)nc1N. The molecule has 0 aliphatic rings. The molecule has 1 unspecified atom stereocenters. The van der Waals surface area contributed by atoms with Crippen molar-refractivity contribution < 1.29 is 0 Å². The average Bonchev–Trinajstić information content (AvgIpc) is 2.25. The van der Waals surface area contributed by atoms with E-state index in [4.69, 9.17) is 5.73 Å². The van der Waals surface area contributed by atoms with Crippen molar-refractivity contribution >= 4 is 17.6 Å². The molecule has 2 N–H and O–H groups in total. The second kappa shape index (κ2) is 6.09. The van der Waals surface area contributed by atoms with Gasteiger partial charge in [0.05, 0.1) is 5.75 Å². The monoisotopic (exact) mass is 239 g/mol. The van der Waals surface area contributed by atoms with Crippen LogP contribution in [0.3, 0.4) is 0 Å². The van der Waals surface area contributed by atoms with E-state index in [0.717, 1.165) is 29.3 Å². The van der Waals surface area contributed by atoms with E-state index in [2.05, 4.69) is 30.7 Å². The minimum absolute atomic E-state index is 0.648. The van der Waals surface area contributed by atoms with Gasteiger partial charge in [0.2, 0.25) is 0 Å². The summed E-state index contributed by atoms with van der Waals surface area (Å²) >= 11 is 1.88. The number of aromatic nitrogens is 2. The molecule has 3 nitrogen and oxygen atoms in total. The summed E-state index contributed by atoms with van der Waals surface area (Å²) in [6, 6.07) is 0. The molecule has 1 atom stereocenters. The Kier molecular flexibility index (Phi) is 5.06. The molecule has 1 rings (SSSR count). The molecule has 0 fully saturated rings. The van der Waals surface area contributed by atoms with Crippen molar-refractivity contribution in [2.24, 2.45) is 0 Å². The van der Waals surface area contributed by atoms with E-state index in [1.54, 1.807) is 0 Å². The number of anilines is 1. The van der Waals surface area contributed by atoms with Crippen LogP contribution in [0.5, 0.6) is 0 Å². The second-order valence-electron chi connectivity index (χ2n) is 3.97. The second-order valence-corrected chi connectivity index (χ2v) is 5.40. The number of hydrogen-bond donors (Lipinski definition) is 1. The molecule has 90 valence electrons. The Balaban J connectivity index is 2.76. The van der Waals surface area contributed by atoms with Gasteiger partial charge in [-0.25, -0.2) is 9.97 Å². The molecule has 0 bridgehead atoms. The highest BCUT2D eigenvalue weighted by Crippen LogP contribution is 2.20. The molecule has 1 aromatic heterocycles. The number of nitrogen functional groups attached to an aromatic ring is 1. The molecule has 0 aromatic carbocycles. The summed E-state index contributed by atoms with van der Waals surface area (Å²) in [5.74, 6) is 2.36. The molecular weight excluding hydrogens is 218 g/mol. The van der Waals surface area contributed by atoms with E-state index in [0.29, 0.717) is 11.1 Å². The fraction of sp³-hybridized carbons (Fsp3) is 0.667. The molecule has 0 aliphatic heterocycles. The summed E-state index contributed by atoms with van der Waals surface area (Å²) in [5.41, 5.74) is 8.01. The van der Waals surface area contributed by atoms with Crippen LogP contribution in [0.2, 0.25) is 0 Å². The summed E-state index contributed by atoms with van der Waals surface area (Å²) in [4.78, 5) is 8.86. The van der Waals surface area contributed by atoms with Crippen LogP contribution in [-0.2, 0) is 12.2 Å². The van der Waals surface area contributed by atoms with Crippen molar-refractivity contribution in [2.75, 3.05) is 5.73 Å². The summed E-state index contributed by atoms with van der Waals surface area (Å²) < 4.78 is 0. The fourth-order valence-electron chi connectivity index (χ4n) is 1.51. The maximum Gasteiger partial charge on any atom is 0.140 e. The number of nitrogens with two attached hydrogens (primary N) is 1. The molecule has 16 heavy (non-hydrogen) atoms. The van der Waals surface area contributed by atoms with Crippen LogP contribution >= 0.6 is 11.8 Å². The first-order valence-electron chi connectivity index (χ1n) is 5.81. The van der Waals surface area contributed by atoms with E-state index < -0.39 is 0 Å². The van der Waals surface area contributed by atoms with E-state index in [9.17, 15) is 0 Å². The van der Waals surface area contributed by atoms with Gasteiger partial charge in [-0.1, -0.05) is 20.8 Å². The Hall–Kier alpha value is -0.770. The quantitative estimate of drug-likeness (QED) is 0.858. The Morgan fingerprint density at radius 1 is 1.31 bits per heavy atom. The minimum Gasteiger partial charge on any atom is -0.383 e. The molecule has 4 heteroatoms. The Morgan fingerprint density at radius 3 is 2.50 bits per heavy atom. The van der Waals surface area contributed by atoms with Gasteiger partial charge in [0.25, 0.3) is 0 Å². The van der Waals surface area contributed by atoms with Crippen LogP contribution in [-0.4, -0.2) is 15.2 Å². The summed E-state index contributed by atoms with van der Waals surface area (Å²) in [6.45, 7) is 8.50. The fourth-order valence-corrected chi connectivity index (χ4v) is 2.31. The standard InChI is InChI=1S/C12H21N3S/c1-5-8(3)16-7-11-14-9(4)10(6-2)12(13)15-11/h8H,5-7H2,1-4H3,(H2,13,14,15). The zero-order chi connectivity index (χ0) is 12.1. The van der Waals surface area contributed by atoms with Crippen molar-refractivity contribution in [3.8, 4) is 0 Å². The first kappa shape index (κ1) is 13.3. The Labute approximate surface area is 102 Å². The molecule has 0 amide bonds. The minimum atomic E-state index is 0.648. The Bertz CT molecular complexity index is 329. The maximum absolute atomic E-state index is 5.91. The topological polar surface area (TPSA) is 51.8 Å². The summed E-state index contributed by atoms with van der Waals surface area (Å²) in [5, 5.41) is 0.649. The van der Waals surface area contributed by atoms with Crippen molar-refractivity contribution in [3.05, 3.63) is 17.1 Å². The van der Waals surface area contributed by atoms with Crippen molar-refractivity contribution in [2.45, 2.75) is 51.5 Å².